The lowest BCUT2D eigenvalue weighted by Crippen LogP contribution is -2.53. The fraction of sp³-hybridized carbons (Fsp3) is 0.571. The highest BCUT2D eigenvalue weighted by atomic mass is 32.2. The maximum atomic E-state index is 12.6. The van der Waals surface area contributed by atoms with Gasteiger partial charge >= 0.3 is 0 Å². The quantitative estimate of drug-likeness (QED) is 0.753. The molecule has 7 heteroatoms. The molecule has 1 amide bonds. The van der Waals surface area contributed by atoms with Gasteiger partial charge in [-0.3, -0.25) is 9.69 Å². The Hall–Kier alpha value is -1.70. The van der Waals surface area contributed by atoms with E-state index in [9.17, 15) is 13.2 Å². The molecule has 2 fully saturated rings. The Morgan fingerprint density at radius 2 is 1.64 bits per heavy atom. The standard InChI is InChI=1S/C21H31N3O3S/c1-18-14-19(2)16-22(15-18)17-21(25)23-9-11-24(12-10-23)28(26,27)13-8-20-6-4-3-5-7-20/h3-8,13,18-19H,9-12,14-17H2,1-2H3/b13-8+/t18-,19-/m1/s1. The van der Waals surface area contributed by atoms with Gasteiger partial charge in [0.2, 0.25) is 15.9 Å². The van der Waals surface area contributed by atoms with Crippen LogP contribution in [0.25, 0.3) is 6.08 Å². The molecule has 0 radical (unpaired) electrons. The molecule has 2 atom stereocenters. The number of carbonyl (C=O) groups is 1. The lowest BCUT2D eigenvalue weighted by molar-refractivity contribution is -0.134. The smallest absolute Gasteiger partial charge is 0.236 e. The minimum absolute atomic E-state index is 0.109. The predicted octanol–water partition coefficient (Wildman–Crippen LogP) is 2.11. The van der Waals surface area contributed by atoms with Crippen molar-refractivity contribution >= 4 is 22.0 Å². The highest BCUT2D eigenvalue weighted by molar-refractivity contribution is 7.92. The van der Waals surface area contributed by atoms with E-state index >= 15 is 0 Å². The van der Waals surface area contributed by atoms with Gasteiger partial charge in [-0.05, 0) is 29.9 Å². The van der Waals surface area contributed by atoms with Crippen molar-refractivity contribution in [3.63, 3.8) is 0 Å². The third-order valence-electron chi connectivity index (χ3n) is 5.49. The number of benzene rings is 1. The molecule has 2 aliphatic rings. The molecule has 1 aromatic carbocycles. The van der Waals surface area contributed by atoms with Gasteiger partial charge in [0.05, 0.1) is 6.54 Å². The van der Waals surface area contributed by atoms with Crippen LogP contribution in [0.3, 0.4) is 0 Å². The number of rotatable bonds is 5. The number of piperazine rings is 1. The summed E-state index contributed by atoms with van der Waals surface area (Å²) in [5.41, 5.74) is 0.852. The topological polar surface area (TPSA) is 60.9 Å². The number of hydrogen-bond donors (Lipinski definition) is 0. The van der Waals surface area contributed by atoms with Crippen molar-refractivity contribution in [1.29, 1.82) is 0 Å². The second-order valence-electron chi connectivity index (χ2n) is 8.18. The number of amides is 1. The number of sulfonamides is 1. The van der Waals surface area contributed by atoms with E-state index in [2.05, 4.69) is 18.7 Å². The largest absolute Gasteiger partial charge is 0.339 e. The van der Waals surface area contributed by atoms with Crippen LogP contribution in [0.5, 0.6) is 0 Å². The molecular formula is C21H31N3O3S. The summed E-state index contributed by atoms with van der Waals surface area (Å²) in [5.74, 6) is 1.35. The molecular weight excluding hydrogens is 374 g/mol. The number of nitrogens with zero attached hydrogens (tertiary/aromatic N) is 3. The van der Waals surface area contributed by atoms with E-state index in [1.165, 1.54) is 16.1 Å². The van der Waals surface area contributed by atoms with E-state index in [0.29, 0.717) is 44.6 Å². The molecule has 2 aliphatic heterocycles. The summed E-state index contributed by atoms with van der Waals surface area (Å²) in [6, 6.07) is 9.38. The van der Waals surface area contributed by atoms with Gasteiger partial charge in [0.25, 0.3) is 0 Å². The summed E-state index contributed by atoms with van der Waals surface area (Å²) < 4.78 is 26.6. The van der Waals surface area contributed by atoms with Crippen molar-refractivity contribution in [3.05, 3.63) is 41.3 Å². The van der Waals surface area contributed by atoms with Crippen molar-refractivity contribution < 1.29 is 13.2 Å². The molecule has 28 heavy (non-hydrogen) atoms. The maximum absolute atomic E-state index is 12.6. The predicted molar refractivity (Wildman–Crippen MR) is 112 cm³/mol. The summed E-state index contributed by atoms with van der Waals surface area (Å²) in [7, 11) is -3.47. The van der Waals surface area contributed by atoms with Crippen molar-refractivity contribution in [2.75, 3.05) is 45.8 Å². The first-order valence-corrected chi connectivity index (χ1v) is 11.6. The second kappa shape index (κ2) is 9.20. The number of piperidine rings is 1. The summed E-state index contributed by atoms with van der Waals surface area (Å²) in [5, 5.41) is 1.26. The van der Waals surface area contributed by atoms with E-state index in [1.807, 2.05) is 30.3 Å². The Morgan fingerprint density at radius 3 is 2.25 bits per heavy atom. The Bertz CT molecular complexity index is 776. The van der Waals surface area contributed by atoms with Crippen LogP contribution < -0.4 is 0 Å². The normalized spacial score (nSPS) is 25.3. The molecule has 3 rings (SSSR count). The fourth-order valence-corrected chi connectivity index (χ4v) is 5.39. The van der Waals surface area contributed by atoms with Gasteiger partial charge in [-0.25, -0.2) is 8.42 Å². The lowest BCUT2D eigenvalue weighted by Gasteiger charge is -2.37. The van der Waals surface area contributed by atoms with Gasteiger partial charge in [0.15, 0.2) is 0 Å². The van der Waals surface area contributed by atoms with Crippen LogP contribution in [-0.4, -0.2) is 74.2 Å². The van der Waals surface area contributed by atoms with Gasteiger partial charge in [-0.15, -0.1) is 0 Å². The van der Waals surface area contributed by atoms with E-state index in [1.54, 1.807) is 11.0 Å². The van der Waals surface area contributed by atoms with Gasteiger partial charge in [-0.2, -0.15) is 4.31 Å². The number of hydrogen-bond acceptors (Lipinski definition) is 4. The van der Waals surface area contributed by atoms with E-state index in [0.717, 1.165) is 18.7 Å². The van der Waals surface area contributed by atoms with Crippen molar-refractivity contribution in [2.45, 2.75) is 20.3 Å². The van der Waals surface area contributed by atoms with Crippen molar-refractivity contribution in [1.82, 2.24) is 14.1 Å². The Labute approximate surface area is 168 Å². The van der Waals surface area contributed by atoms with E-state index in [4.69, 9.17) is 0 Å². The molecule has 0 aliphatic carbocycles. The maximum Gasteiger partial charge on any atom is 0.236 e. The number of carbonyl (C=O) groups excluding carboxylic acids is 1. The minimum Gasteiger partial charge on any atom is -0.339 e. The van der Waals surface area contributed by atoms with Crippen LogP contribution in [0.15, 0.2) is 35.7 Å². The van der Waals surface area contributed by atoms with Crippen LogP contribution in [0.2, 0.25) is 0 Å². The minimum atomic E-state index is -3.47. The van der Waals surface area contributed by atoms with Crippen LogP contribution in [0, 0.1) is 11.8 Å². The third kappa shape index (κ3) is 5.65. The monoisotopic (exact) mass is 405 g/mol. The first-order chi connectivity index (χ1) is 13.3. The average molecular weight is 406 g/mol. The average Bonchev–Trinajstić information content (AvgIpc) is 2.66. The summed E-state index contributed by atoms with van der Waals surface area (Å²) >= 11 is 0. The van der Waals surface area contributed by atoms with Crippen molar-refractivity contribution in [2.24, 2.45) is 11.8 Å². The van der Waals surface area contributed by atoms with Crippen LogP contribution in [0.4, 0.5) is 0 Å². The lowest BCUT2D eigenvalue weighted by atomic mass is 9.92. The molecule has 2 heterocycles. The van der Waals surface area contributed by atoms with Crippen LogP contribution in [0.1, 0.15) is 25.8 Å². The van der Waals surface area contributed by atoms with E-state index in [-0.39, 0.29) is 5.91 Å². The first-order valence-electron chi connectivity index (χ1n) is 10.1. The van der Waals surface area contributed by atoms with Gasteiger partial charge < -0.3 is 4.90 Å². The molecule has 6 nitrogen and oxygen atoms in total. The molecule has 1 aromatic rings. The summed E-state index contributed by atoms with van der Waals surface area (Å²) in [6.45, 7) is 8.45. The van der Waals surface area contributed by atoms with Crippen LogP contribution >= 0.6 is 0 Å². The van der Waals surface area contributed by atoms with Gasteiger partial charge in [0, 0.05) is 44.7 Å². The Balaban J connectivity index is 1.50. The zero-order valence-electron chi connectivity index (χ0n) is 16.8. The molecule has 0 aromatic heterocycles. The summed E-state index contributed by atoms with van der Waals surface area (Å²) in [6.07, 6.45) is 2.84. The summed E-state index contributed by atoms with van der Waals surface area (Å²) in [4.78, 5) is 16.7. The zero-order valence-corrected chi connectivity index (χ0v) is 17.6. The highest BCUT2D eigenvalue weighted by Crippen LogP contribution is 2.21. The van der Waals surface area contributed by atoms with E-state index < -0.39 is 10.0 Å². The SMILES string of the molecule is C[C@@H]1C[C@@H](C)CN(CC(=O)N2CCN(S(=O)(=O)/C=C/c3ccccc3)CC2)C1. The fourth-order valence-electron chi connectivity index (χ4n) is 4.22. The Kier molecular flexibility index (Phi) is 6.91. The number of likely N-dealkylation sites (tertiary alicyclic amines) is 1. The van der Waals surface area contributed by atoms with Crippen molar-refractivity contribution in [3.8, 4) is 0 Å². The second-order valence-corrected chi connectivity index (χ2v) is 10.00. The van der Waals surface area contributed by atoms with Gasteiger partial charge in [-0.1, -0.05) is 44.2 Å². The van der Waals surface area contributed by atoms with Crippen LogP contribution in [-0.2, 0) is 14.8 Å². The molecule has 0 spiro atoms. The molecule has 2 saturated heterocycles. The third-order valence-corrected chi connectivity index (χ3v) is 7.05. The molecule has 0 unspecified atom stereocenters. The molecule has 0 N–H and O–H groups in total. The molecule has 154 valence electrons. The molecule has 0 saturated carbocycles. The Morgan fingerprint density at radius 1 is 1.04 bits per heavy atom. The highest BCUT2D eigenvalue weighted by Gasteiger charge is 2.29. The molecule has 0 bridgehead atoms. The zero-order chi connectivity index (χ0) is 20.1. The van der Waals surface area contributed by atoms with Gasteiger partial charge in [0.1, 0.15) is 0 Å². The first kappa shape index (κ1) is 21.0.